The van der Waals surface area contributed by atoms with Crippen LogP contribution in [0.15, 0.2) is 35.5 Å². The minimum atomic E-state index is -3.71. The first kappa shape index (κ1) is 12.7. The Morgan fingerprint density at radius 2 is 2.20 bits per heavy atom. The summed E-state index contributed by atoms with van der Waals surface area (Å²) in [5.41, 5.74) is 1.45. The number of aromatic nitrogens is 2. The maximum Gasteiger partial charge on any atom is 0.264 e. The number of nitrogens with one attached hydrogen (secondary N) is 2. The van der Waals surface area contributed by atoms with E-state index in [4.69, 9.17) is 0 Å². The molecule has 3 rings (SSSR count). The van der Waals surface area contributed by atoms with Crippen molar-refractivity contribution < 1.29 is 13.2 Å². The van der Waals surface area contributed by atoms with Crippen molar-refractivity contribution in [3.63, 3.8) is 0 Å². The molecule has 0 atom stereocenters. The zero-order valence-corrected chi connectivity index (χ0v) is 11.4. The molecule has 20 heavy (non-hydrogen) atoms. The molecule has 7 nitrogen and oxygen atoms in total. The van der Waals surface area contributed by atoms with Crippen LogP contribution >= 0.6 is 0 Å². The van der Waals surface area contributed by atoms with Crippen LogP contribution in [-0.4, -0.2) is 31.3 Å². The van der Waals surface area contributed by atoms with Gasteiger partial charge in [0.15, 0.2) is 0 Å². The molecule has 2 N–H and O–H groups in total. The van der Waals surface area contributed by atoms with Gasteiger partial charge in [0.25, 0.3) is 10.0 Å². The van der Waals surface area contributed by atoms with Gasteiger partial charge in [-0.1, -0.05) is 0 Å². The lowest BCUT2D eigenvalue weighted by atomic mass is 10.2. The molecule has 0 unspecified atom stereocenters. The summed E-state index contributed by atoms with van der Waals surface area (Å²) < 4.78 is 26.7. The summed E-state index contributed by atoms with van der Waals surface area (Å²) in [5.74, 6) is 0.104. The van der Waals surface area contributed by atoms with E-state index in [-0.39, 0.29) is 23.2 Å². The monoisotopic (exact) mass is 292 g/mol. The number of hydrogen-bond donors (Lipinski definition) is 2. The van der Waals surface area contributed by atoms with Gasteiger partial charge in [-0.15, -0.1) is 0 Å². The van der Waals surface area contributed by atoms with Crippen LogP contribution < -0.4 is 9.62 Å². The van der Waals surface area contributed by atoms with E-state index in [1.165, 1.54) is 29.4 Å². The lowest BCUT2D eigenvalue weighted by Crippen LogP contribution is -2.20. The molecule has 1 aromatic heterocycles. The fourth-order valence-electron chi connectivity index (χ4n) is 2.12. The molecule has 1 aliphatic rings. The average molecular weight is 292 g/mol. The van der Waals surface area contributed by atoms with Crippen LogP contribution in [0.1, 0.15) is 5.56 Å². The van der Waals surface area contributed by atoms with E-state index in [0.29, 0.717) is 5.56 Å². The molecule has 8 heteroatoms. The smallest absolute Gasteiger partial charge is 0.264 e. The Kier molecular flexibility index (Phi) is 2.75. The normalized spacial score (nSPS) is 14.4. The van der Waals surface area contributed by atoms with Crippen molar-refractivity contribution in [3.05, 3.63) is 36.2 Å². The van der Waals surface area contributed by atoms with Gasteiger partial charge in [-0.25, -0.2) is 18.1 Å². The summed E-state index contributed by atoms with van der Waals surface area (Å²) >= 11 is 0. The number of sulfonamides is 1. The summed E-state index contributed by atoms with van der Waals surface area (Å²) in [6.45, 7) is 0. The number of benzene rings is 1. The average Bonchev–Trinajstić information content (AvgIpc) is 2.98. The van der Waals surface area contributed by atoms with Crippen LogP contribution in [0.5, 0.6) is 0 Å². The number of imidazole rings is 1. The van der Waals surface area contributed by atoms with Gasteiger partial charge < -0.3 is 9.88 Å². The lowest BCUT2D eigenvalue weighted by molar-refractivity contribution is -0.117. The van der Waals surface area contributed by atoms with E-state index in [9.17, 15) is 13.2 Å². The van der Waals surface area contributed by atoms with Gasteiger partial charge in [0.05, 0.1) is 11.3 Å². The number of nitrogens with zero attached hydrogens (tertiary/aromatic N) is 2. The molecule has 0 aliphatic carbocycles. The number of carbonyl (C=O) groups is 1. The largest absolute Gasteiger partial charge is 0.330 e. The number of anilines is 2. The molecule has 1 aliphatic heterocycles. The zero-order valence-electron chi connectivity index (χ0n) is 10.6. The molecule has 0 bridgehead atoms. The first-order valence-corrected chi connectivity index (χ1v) is 7.37. The molecular weight excluding hydrogens is 280 g/mol. The third-order valence-electron chi connectivity index (χ3n) is 3.17. The third kappa shape index (κ3) is 2.03. The number of amides is 1. The highest BCUT2D eigenvalue weighted by molar-refractivity contribution is 7.92. The Morgan fingerprint density at radius 3 is 2.90 bits per heavy atom. The summed E-state index contributed by atoms with van der Waals surface area (Å²) in [7, 11) is -2.04. The first-order chi connectivity index (χ1) is 9.47. The third-order valence-corrected chi connectivity index (χ3v) is 4.50. The minimum absolute atomic E-state index is 0.0476. The second-order valence-corrected chi connectivity index (χ2v) is 6.15. The highest BCUT2D eigenvalue weighted by Crippen LogP contribution is 2.30. The highest BCUT2D eigenvalue weighted by atomic mass is 32.2. The van der Waals surface area contributed by atoms with Crippen LogP contribution in [0.3, 0.4) is 0 Å². The molecule has 0 spiro atoms. The van der Waals surface area contributed by atoms with Gasteiger partial charge in [-0.3, -0.25) is 4.79 Å². The van der Waals surface area contributed by atoms with Gasteiger partial charge in [0.1, 0.15) is 0 Å². The second kappa shape index (κ2) is 4.34. The van der Waals surface area contributed by atoms with E-state index in [1.807, 2.05) is 0 Å². The minimum Gasteiger partial charge on any atom is -0.330 e. The maximum absolute atomic E-state index is 12.2. The number of rotatable bonds is 3. The van der Waals surface area contributed by atoms with Crippen molar-refractivity contribution in [2.75, 3.05) is 16.7 Å². The number of fused-ring (bicyclic) bond motifs is 1. The van der Waals surface area contributed by atoms with Gasteiger partial charge in [0, 0.05) is 25.1 Å². The second-order valence-electron chi connectivity index (χ2n) is 4.46. The number of carbonyl (C=O) groups excluding carboxylic acids is 1. The Bertz CT molecular complexity index is 768. The van der Waals surface area contributed by atoms with Crippen LogP contribution in [0.25, 0.3) is 0 Å². The van der Waals surface area contributed by atoms with Crippen molar-refractivity contribution in [1.82, 2.24) is 9.97 Å². The molecular formula is C12H12N4O3S. The van der Waals surface area contributed by atoms with E-state index in [2.05, 4.69) is 14.7 Å². The van der Waals surface area contributed by atoms with E-state index in [1.54, 1.807) is 13.1 Å². The predicted octanol–water partition coefficient (Wildman–Crippen LogP) is 0.729. The van der Waals surface area contributed by atoms with Crippen molar-refractivity contribution in [3.8, 4) is 0 Å². The molecule has 1 aromatic carbocycles. The molecule has 0 fully saturated rings. The van der Waals surface area contributed by atoms with E-state index < -0.39 is 10.0 Å². The standard InChI is InChI=1S/C12H12N4O3S/c1-16-10-3-2-9(6-8(10)7-11(16)17)20(18,19)15-12-13-4-5-14-12/h2-6H,7H2,1H3,(H2,13,14,15). The quantitative estimate of drug-likeness (QED) is 0.871. The molecule has 2 heterocycles. The fourth-order valence-corrected chi connectivity index (χ4v) is 3.15. The molecule has 0 saturated carbocycles. The van der Waals surface area contributed by atoms with E-state index >= 15 is 0 Å². The zero-order chi connectivity index (χ0) is 14.3. The molecule has 1 amide bonds. The highest BCUT2D eigenvalue weighted by Gasteiger charge is 2.26. The Morgan fingerprint density at radius 1 is 1.40 bits per heavy atom. The van der Waals surface area contributed by atoms with E-state index in [0.717, 1.165) is 5.69 Å². The van der Waals surface area contributed by atoms with Crippen LogP contribution in [0, 0.1) is 0 Å². The first-order valence-electron chi connectivity index (χ1n) is 5.89. The maximum atomic E-state index is 12.2. The Labute approximate surface area is 115 Å². The number of aromatic amines is 1. The summed E-state index contributed by atoms with van der Waals surface area (Å²) in [6.07, 6.45) is 3.19. The van der Waals surface area contributed by atoms with Gasteiger partial charge >= 0.3 is 0 Å². The van der Waals surface area contributed by atoms with Gasteiger partial charge in [-0.05, 0) is 23.8 Å². The molecule has 0 saturated heterocycles. The van der Waals surface area contributed by atoms with Crippen molar-refractivity contribution in [2.45, 2.75) is 11.3 Å². The van der Waals surface area contributed by atoms with Gasteiger partial charge in [0.2, 0.25) is 11.9 Å². The number of H-pyrrole nitrogens is 1. The van der Waals surface area contributed by atoms with Gasteiger partial charge in [-0.2, -0.15) is 0 Å². The summed E-state index contributed by atoms with van der Waals surface area (Å²) in [6, 6.07) is 4.62. The van der Waals surface area contributed by atoms with Crippen molar-refractivity contribution in [2.24, 2.45) is 0 Å². The SMILES string of the molecule is CN1C(=O)Cc2cc(S(=O)(=O)Nc3ncc[nH]3)ccc21. The number of likely N-dealkylation sites (N-methyl/N-ethyl adjacent to an activating group) is 1. The molecule has 0 radical (unpaired) electrons. The summed E-state index contributed by atoms with van der Waals surface area (Å²) in [5, 5.41) is 0. The summed E-state index contributed by atoms with van der Waals surface area (Å²) in [4.78, 5) is 19.7. The molecule has 104 valence electrons. The van der Waals surface area contributed by atoms with Crippen molar-refractivity contribution in [1.29, 1.82) is 0 Å². The topological polar surface area (TPSA) is 95.2 Å². The Hall–Kier alpha value is -2.35. The molecule has 2 aromatic rings. The number of hydrogen-bond acceptors (Lipinski definition) is 4. The van der Waals surface area contributed by atoms with Crippen LogP contribution in [-0.2, 0) is 21.2 Å². The van der Waals surface area contributed by atoms with Crippen LogP contribution in [0.2, 0.25) is 0 Å². The van der Waals surface area contributed by atoms with Crippen LogP contribution in [0.4, 0.5) is 11.6 Å². The Balaban J connectivity index is 1.96. The van der Waals surface area contributed by atoms with Crippen molar-refractivity contribution >= 4 is 27.6 Å². The fraction of sp³-hybridized carbons (Fsp3) is 0.167. The lowest BCUT2D eigenvalue weighted by Gasteiger charge is -2.11. The predicted molar refractivity (Wildman–Crippen MR) is 73.0 cm³/mol.